The fraction of sp³-hybridized carbons (Fsp3) is 0.214. The van der Waals surface area contributed by atoms with Crippen molar-refractivity contribution in [2.75, 3.05) is 43.9 Å². The van der Waals surface area contributed by atoms with Gasteiger partial charge in [-0.25, -0.2) is 0 Å². The van der Waals surface area contributed by atoms with Crippen molar-refractivity contribution in [3.63, 3.8) is 0 Å². The molecular weight excluding hydrogens is 474 g/mol. The predicted molar refractivity (Wildman–Crippen MR) is 147 cm³/mol. The molecule has 5 rings (SSSR count). The van der Waals surface area contributed by atoms with Gasteiger partial charge >= 0.3 is 0 Å². The lowest BCUT2D eigenvalue weighted by Crippen LogP contribution is -2.30. The van der Waals surface area contributed by atoms with Gasteiger partial charge in [0.2, 0.25) is 0 Å². The van der Waals surface area contributed by atoms with Crippen molar-refractivity contribution in [1.82, 2.24) is 9.88 Å². The van der Waals surface area contributed by atoms with Gasteiger partial charge in [-0.1, -0.05) is 35.0 Å². The Kier molecular flexibility index (Phi) is 6.93. The Morgan fingerprint density at radius 3 is 2.56 bits per heavy atom. The number of nitrogens with zero attached hydrogens (tertiary/aromatic N) is 3. The highest BCUT2D eigenvalue weighted by Crippen LogP contribution is 2.27. The number of fused-ring (bicyclic) bond motifs is 3. The Morgan fingerprint density at radius 2 is 1.75 bits per heavy atom. The van der Waals surface area contributed by atoms with E-state index < -0.39 is 0 Å². The quantitative estimate of drug-likeness (QED) is 0.141. The van der Waals surface area contributed by atoms with Crippen molar-refractivity contribution in [2.45, 2.75) is 6.92 Å². The number of rotatable bonds is 8. The van der Waals surface area contributed by atoms with Crippen LogP contribution in [-0.2, 0) is 0 Å². The van der Waals surface area contributed by atoms with Gasteiger partial charge in [-0.05, 0) is 62.0 Å². The molecule has 184 valence electrons. The van der Waals surface area contributed by atoms with Crippen LogP contribution in [0, 0.1) is 6.92 Å². The molecule has 3 aromatic carbocycles. The number of aromatic nitrogens is 1. The second-order valence-electron chi connectivity index (χ2n) is 8.86. The number of nitrogens with one attached hydrogen (secondary N) is 2. The van der Waals surface area contributed by atoms with Crippen LogP contribution in [0.15, 0.2) is 76.4 Å². The average molecular weight is 502 g/mol. The number of para-hydroxylation sites is 1. The smallest absolute Gasteiger partial charge is 0.142 e. The first-order valence-corrected chi connectivity index (χ1v) is 12.3. The fourth-order valence-electron chi connectivity index (χ4n) is 4.45. The monoisotopic (exact) mass is 501 g/mol. The number of likely N-dealkylation sites (N-methyl/N-ethyl adjacent to an activating group) is 1. The van der Waals surface area contributed by atoms with Gasteiger partial charge in [0.1, 0.15) is 16.5 Å². The van der Waals surface area contributed by atoms with Gasteiger partial charge in [0, 0.05) is 59.5 Å². The summed E-state index contributed by atoms with van der Waals surface area (Å²) in [5.41, 5.74) is 5.20. The topological polar surface area (TPSA) is 85.9 Å². The molecule has 3 N–H and O–H groups in total. The number of anilines is 2. The van der Waals surface area contributed by atoms with Crippen LogP contribution in [0.5, 0.6) is 0 Å². The molecule has 0 aliphatic rings. The number of benzene rings is 3. The van der Waals surface area contributed by atoms with E-state index in [9.17, 15) is 5.21 Å². The Bertz CT molecular complexity index is 1620. The van der Waals surface area contributed by atoms with E-state index >= 15 is 0 Å². The summed E-state index contributed by atoms with van der Waals surface area (Å²) < 4.78 is 6.18. The van der Waals surface area contributed by atoms with Gasteiger partial charge in [-0.15, -0.1) is 0 Å². The van der Waals surface area contributed by atoms with Gasteiger partial charge in [0.05, 0.1) is 10.9 Å². The highest BCUT2D eigenvalue weighted by molar-refractivity contribution is 6.31. The number of hydrogen-bond acceptors (Lipinski definition) is 7. The number of pyridine rings is 1. The third-order valence-electron chi connectivity index (χ3n) is 6.37. The van der Waals surface area contributed by atoms with Gasteiger partial charge in [-0.3, -0.25) is 4.98 Å². The summed E-state index contributed by atoms with van der Waals surface area (Å²) in [5.74, 6) is 0. The van der Waals surface area contributed by atoms with E-state index in [-0.39, 0.29) is 0 Å². The first kappa shape index (κ1) is 23.9. The zero-order chi connectivity index (χ0) is 25.1. The normalized spacial score (nSPS) is 12.2. The number of hydrogen-bond donors (Lipinski definition) is 3. The van der Waals surface area contributed by atoms with Crippen LogP contribution in [0.1, 0.15) is 5.56 Å². The minimum Gasteiger partial charge on any atom is -0.456 e. The molecule has 0 unspecified atom stereocenters. The minimum absolute atomic E-state index is 0.515. The van der Waals surface area contributed by atoms with Gasteiger partial charge < -0.3 is 25.2 Å². The van der Waals surface area contributed by atoms with E-state index in [1.807, 2.05) is 67.6 Å². The van der Waals surface area contributed by atoms with Crippen molar-refractivity contribution in [2.24, 2.45) is 5.16 Å². The largest absolute Gasteiger partial charge is 0.456 e. The van der Waals surface area contributed by atoms with Crippen molar-refractivity contribution in [3.05, 3.63) is 82.8 Å². The molecule has 7 nitrogen and oxygen atoms in total. The maximum absolute atomic E-state index is 9.86. The number of aryl methyl sites for hydroxylation is 1. The van der Waals surface area contributed by atoms with E-state index in [0.717, 1.165) is 70.4 Å². The molecular formula is C28H28ClN5O2. The first-order valence-electron chi connectivity index (χ1n) is 11.9. The van der Waals surface area contributed by atoms with Gasteiger partial charge in [-0.2, -0.15) is 0 Å². The molecule has 0 aliphatic heterocycles. The molecule has 0 spiro atoms. The molecule has 0 radical (unpaired) electrons. The molecule has 0 saturated heterocycles. The SMILES string of the molecule is Cc1ccc(NCCN(C)CCNc2ccnc3cc(Cl)ccc23)c2c(=NO)c3ccccc3oc12. The summed E-state index contributed by atoms with van der Waals surface area (Å²) in [6.07, 6.45) is 1.79. The fourth-order valence-corrected chi connectivity index (χ4v) is 4.62. The highest BCUT2D eigenvalue weighted by atomic mass is 35.5. The Labute approximate surface area is 214 Å². The summed E-state index contributed by atoms with van der Waals surface area (Å²) in [5, 5.41) is 24.3. The summed E-state index contributed by atoms with van der Waals surface area (Å²) in [4.78, 5) is 6.66. The van der Waals surface area contributed by atoms with E-state index in [1.165, 1.54) is 0 Å². The van der Waals surface area contributed by atoms with E-state index in [1.54, 1.807) is 6.20 Å². The summed E-state index contributed by atoms with van der Waals surface area (Å²) in [6, 6.07) is 19.4. The van der Waals surface area contributed by atoms with E-state index in [0.29, 0.717) is 16.0 Å². The van der Waals surface area contributed by atoms with Crippen LogP contribution in [0.3, 0.4) is 0 Å². The van der Waals surface area contributed by atoms with Crippen LogP contribution in [-0.4, -0.2) is 48.3 Å². The lowest BCUT2D eigenvalue weighted by molar-refractivity contribution is 0.303. The van der Waals surface area contributed by atoms with Gasteiger partial charge in [0.15, 0.2) is 0 Å². The standard InChI is InChI=1S/C28H28ClN5O2/c1-18-7-10-23(26-27(33-35)21-5-3-4-6-25(21)36-28(18)26)32-14-16-34(2)15-13-31-22-11-12-30-24-17-19(29)8-9-20(22)24/h3-12,17,32,35H,13-16H2,1-2H3,(H,30,31). The molecule has 0 atom stereocenters. The summed E-state index contributed by atoms with van der Waals surface area (Å²) in [7, 11) is 2.10. The third kappa shape index (κ3) is 4.80. The summed E-state index contributed by atoms with van der Waals surface area (Å²) in [6.45, 7) is 5.21. The molecule has 5 aromatic rings. The molecule has 0 bridgehead atoms. The molecule has 0 fully saturated rings. The van der Waals surface area contributed by atoms with Crippen LogP contribution in [0.25, 0.3) is 32.8 Å². The maximum Gasteiger partial charge on any atom is 0.142 e. The zero-order valence-electron chi connectivity index (χ0n) is 20.3. The third-order valence-corrected chi connectivity index (χ3v) is 6.60. The maximum atomic E-state index is 9.86. The minimum atomic E-state index is 0.515. The molecule has 0 aliphatic carbocycles. The Balaban J connectivity index is 1.24. The zero-order valence-corrected chi connectivity index (χ0v) is 21.0. The average Bonchev–Trinajstić information content (AvgIpc) is 2.89. The van der Waals surface area contributed by atoms with Crippen LogP contribution < -0.4 is 16.0 Å². The molecule has 0 amide bonds. The van der Waals surface area contributed by atoms with Gasteiger partial charge in [0.25, 0.3) is 0 Å². The van der Waals surface area contributed by atoms with Crippen molar-refractivity contribution < 1.29 is 9.62 Å². The lowest BCUT2D eigenvalue weighted by atomic mass is 10.1. The van der Waals surface area contributed by atoms with Crippen molar-refractivity contribution in [1.29, 1.82) is 0 Å². The van der Waals surface area contributed by atoms with E-state index in [2.05, 4.69) is 32.7 Å². The summed E-state index contributed by atoms with van der Waals surface area (Å²) >= 11 is 6.10. The number of halogens is 1. The molecule has 36 heavy (non-hydrogen) atoms. The van der Waals surface area contributed by atoms with E-state index in [4.69, 9.17) is 16.0 Å². The van der Waals surface area contributed by atoms with Crippen LogP contribution >= 0.6 is 11.6 Å². The first-order chi connectivity index (χ1) is 17.5. The molecule has 2 heterocycles. The Morgan fingerprint density at radius 1 is 0.972 bits per heavy atom. The van der Waals surface area contributed by atoms with Crippen molar-refractivity contribution >= 4 is 55.8 Å². The highest BCUT2D eigenvalue weighted by Gasteiger charge is 2.13. The van der Waals surface area contributed by atoms with Crippen LogP contribution in [0.4, 0.5) is 11.4 Å². The molecule has 2 aromatic heterocycles. The Hall–Kier alpha value is -3.81. The lowest BCUT2D eigenvalue weighted by Gasteiger charge is -2.19. The second-order valence-corrected chi connectivity index (χ2v) is 9.29. The predicted octanol–water partition coefficient (Wildman–Crippen LogP) is 5.84. The van der Waals surface area contributed by atoms with Crippen molar-refractivity contribution in [3.8, 4) is 0 Å². The van der Waals surface area contributed by atoms with Crippen LogP contribution in [0.2, 0.25) is 5.02 Å². The molecule has 0 saturated carbocycles. The second kappa shape index (κ2) is 10.4. The molecule has 8 heteroatoms.